The summed E-state index contributed by atoms with van der Waals surface area (Å²) >= 11 is 0. The normalized spacial score (nSPS) is 11.1. The number of hydrogen-bond donors (Lipinski definition) is 0. The van der Waals surface area contributed by atoms with Crippen molar-refractivity contribution in [1.82, 2.24) is 4.98 Å². The lowest BCUT2D eigenvalue weighted by atomic mass is 9.94. The van der Waals surface area contributed by atoms with Crippen molar-refractivity contribution in [3.05, 3.63) is 200 Å². The zero-order chi connectivity index (χ0) is 34.0. The van der Waals surface area contributed by atoms with E-state index in [0.717, 1.165) is 44.5 Å². The Kier molecular flexibility index (Phi) is 7.88. The highest BCUT2D eigenvalue weighted by Gasteiger charge is 2.17. The third-order valence-corrected chi connectivity index (χ3v) is 9.56. The van der Waals surface area contributed by atoms with E-state index in [-0.39, 0.29) is 0 Å². The third-order valence-electron chi connectivity index (χ3n) is 9.56. The maximum Gasteiger partial charge on any atom is 0.227 e. The Bertz CT molecular complexity index is 2590. The zero-order valence-electron chi connectivity index (χ0n) is 27.9. The highest BCUT2D eigenvalue weighted by molar-refractivity contribution is 5.97. The van der Waals surface area contributed by atoms with Crippen LogP contribution in [0.1, 0.15) is 0 Å². The van der Waals surface area contributed by atoms with Crippen LogP contribution in [0.4, 0.5) is 0 Å². The van der Waals surface area contributed by atoms with Gasteiger partial charge in [0.25, 0.3) is 0 Å². The van der Waals surface area contributed by atoms with Gasteiger partial charge in [0.1, 0.15) is 5.52 Å². The van der Waals surface area contributed by atoms with Crippen LogP contribution in [-0.4, -0.2) is 4.98 Å². The number of fused-ring (bicyclic) bond motifs is 1. The van der Waals surface area contributed by atoms with Crippen LogP contribution in [0.15, 0.2) is 205 Å². The molecule has 0 aliphatic carbocycles. The van der Waals surface area contributed by atoms with Crippen LogP contribution in [0.2, 0.25) is 0 Å². The molecule has 0 fully saturated rings. The molecule has 1 aromatic heterocycles. The quantitative estimate of drug-likeness (QED) is 0.171. The number of aromatic nitrogens is 1. The number of rotatable bonds is 7. The molecule has 1 heterocycles. The largest absolute Gasteiger partial charge is 0.436 e. The molecular formula is C49H33NO. The Hall–Kier alpha value is -6.77. The van der Waals surface area contributed by atoms with E-state index in [1.165, 1.54) is 38.9 Å². The van der Waals surface area contributed by atoms with E-state index in [9.17, 15) is 0 Å². The molecule has 0 unspecified atom stereocenters. The lowest BCUT2D eigenvalue weighted by Crippen LogP contribution is -1.87. The molecule has 51 heavy (non-hydrogen) atoms. The molecule has 0 amide bonds. The lowest BCUT2D eigenvalue weighted by molar-refractivity contribution is 0.620. The lowest BCUT2D eigenvalue weighted by Gasteiger charge is -2.11. The summed E-state index contributed by atoms with van der Waals surface area (Å²) in [5, 5.41) is 0. The van der Waals surface area contributed by atoms with E-state index in [4.69, 9.17) is 9.40 Å². The molecular weight excluding hydrogens is 619 g/mol. The molecule has 0 aliphatic heterocycles. The summed E-state index contributed by atoms with van der Waals surface area (Å²) in [6.07, 6.45) is 0. The predicted octanol–water partition coefficient (Wildman–Crippen LogP) is 13.5. The monoisotopic (exact) mass is 651 g/mol. The third kappa shape index (κ3) is 6.05. The van der Waals surface area contributed by atoms with Crippen LogP contribution >= 0.6 is 0 Å². The molecule has 0 N–H and O–H groups in total. The summed E-state index contributed by atoms with van der Waals surface area (Å²) < 4.78 is 6.66. The smallest absolute Gasteiger partial charge is 0.227 e. The maximum absolute atomic E-state index is 6.66. The molecule has 0 saturated heterocycles. The van der Waals surface area contributed by atoms with Gasteiger partial charge in [-0.1, -0.05) is 176 Å². The fraction of sp³-hybridized carbons (Fsp3) is 0. The first-order valence-corrected chi connectivity index (χ1v) is 17.3. The Balaban J connectivity index is 1.15. The van der Waals surface area contributed by atoms with Crippen LogP contribution in [0.25, 0.3) is 89.3 Å². The molecule has 2 nitrogen and oxygen atoms in total. The van der Waals surface area contributed by atoms with E-state index >= 15 is 0 Å². The Morgan fingerprint density at radius 3 is 1.27 bits per heavy atom. The summed E-state index contributed by atoms with van der Waals surface area (Å²) in [5.74, 6) is 0.600. The highest BCUT2D eigenvalue weighted by Crippen LogP contribution is 2.39. The van der Waals surface area contributed by atoms with Crippen molar-refractivity contribution in [1.29, 1.82) is 0 Å². The van der Waals surface area contributed by atoms with E-state index < -0.39 is 0 Å². The van der Waals surface area contributed by atoms with E-state index in [0.29, 0.717) is 5.89 Å². The Morgan fingerprint density at radius 1 is 0.275 bits per heavy atom. The van der Waals surface area contributed by atoms with Gasteiger partial charge in [0.05, 0.1) is 0 Å². The van der Waals surface area contributed by atoms with E-state index in [1.807, 2.05) is 12.1 Å². The molecule has 0 spiro atoms. The van der Waals surface area contributed by atoms with Crippen molar-refractivity contribution in [3.8, 4) is 78.2 Å². The minimum Gasteiger partial charge on any atom is -0.436 e. The maximum atomic E-state index is 6.66. The average Bonchev–Trinajstić information content (AvgIpc) is 3.66. The van der Waals surface area contributed by atoms with Gasteiger partial charge in [-0.2, -0.15) is 0 Å². The van der Waals surface area contributed by atoms with Gasteiger partial charge in [0.15, 0.2) is 5.58 Å². The fourth-order valence-corrected chi connectivity index (χ4v) is 6.92. The van der Waals surface area contributed by atoms with Gasteiger partial charge in [-0.15, -0.1) is 0 Å². The molecule has 0 saturated carbocycles. The summed E-state index contributed by atoms with van der Waals surface area (Å²) in [5.41, 5.74) is 16.3. The first-order valence-electron chi connectivity index (χ1n) is 17.3. The standard InChI is InChI=1S/C49H33NO/c1-4-13-34(14-5-1)36-23-25-38(26-24-36)43-32-46(40-29-27-37(28-30-40)35-15-6-2-7-16-35)48-47(33-43)51-49(50-48)42-20-12-19-41(31-42)45-22-11-10-21-44(45)39-17-8-3-9-18-39/h1-33H. The molecule has 9 aromatic rings. The summed E-state index contributed by atoms with van der Waals surface area (Å²) in [4.78, 5) is 5.18. The average molecular weight is 652 g/mol. The SMILES string of the molecule is c1ccc(-c2ccc(-c3cc(-c4ccc(-c5ccccc5)cc4)c4nc(-c5cccc(-c6ccccc6-c6ccccc6)c5)oc4c3)cc2)cc1. The second kappa shape index (κ2) is 13.3. The van der Waals surface area contributed by atoms with Crippen molar-refractivity contribution in [2.24, 2.45) is 0 Å². The molecule has 9 rings (SSSR count). The van der Waals surface area contributed by atoms with Gasteiger partial charge in [-0.25, -0.2) is 4.98 Å². The van der Waals surface area contributed by atoms with E-state index in [1.54, 1.807) is 0 Å². The van der Waals surface area contributed by atoms with Crippen LogP contribution in [0.3, 0.4) is 0 Å². The van der Waals surface area contributed by atoms with Crippen molar-refractivity contribution >= 4 is 11.1 Å². The first-order chi connectivity index (χ1) is 25.3. The number of benzene rings is 8. The first kappa shape index (κ1) is 30.3. The van der Waals surface area contributed by atoms with Crippen molar-refractivity contribution in [2.75, 3.05) is 0 Å². The number of hydrogen-bond acceptors (Lipinski definition) is 2. The minimum absolute atomic E-state index is 0.600. The van der Waals surface area contributed by atoms with Crippen molar-refractivity contribution < 1.29 is 4.42 Å². The van der Waals surface area contributed by atoms with Gasteiger partial charge in [-0.3, -0.25) is 0 Å². The number of nitrogens with zero attached hydrogens (tertiary/aromatic N) is 1. The molecule has 8 aromatic carbocycles. The molecule has 0 aliphatic rings. The van der Waals surface area contributed by atoms with Crippen molar-refractivity contribution in [2.45, 2.75) is 0 Å². The Morgan fingerprint density at radius 2 is 0.686 bits per heavy atom. The summed E-state index contributed by atoms with van der Waals surface area (Å²) in [7, 11) is 0. The van der Waals surface area contributed by atoms with Gasteiger partial charge in [-0.05, 0) is 85.5 Å². The predicted molar refractivity (Wildman–Crippen MR) is 212 cm³/mol. The van der Waals surface area contributed by atoms with Crippen LogP contribution < -0.4 is 0 Å². The topological polar surface area (TPSA) is 26.0 Å². The summed E-state index contributed by atoms with van der Waals surface area (Å²) in [6.45, 7) is 0. The second-order valence-electron chi connectivity index (χ2n) is 12.8. The zero-order valence-corrected chi connectivity index (χ0v) is 27.9. The summed E-state index contributed by atoms with van der Waals surface area (Å²) in [6, 6.07) is 70.4. The number of oxazole rings is 1. The van der Waals surface area contributed by atoms with Crippen LogP contribution in [0, 0.1) is 0 Å². The molecule has 2 heteroatoms. The Labute approximate surface area is 298 Å². The molecule has 0 bridgehead atoms. The van der Waals surface area contributed by atoms with Crippen molar-refractivity contribution in [3.63, 3.8) is 0 Å². The van der Waals surface area contributed by atoms with Gasteiger partial charge in [0, 0.05) is 11.1 Å². The fourth-order valence-electron chi connectivity index (χ4n) is 6.92. The van der Waals surface area contributed by atoms with Gasteiger partial charge in [0.2, 0.25) is 5.89 Å². The van der Waals surface area contributed by atoms with Crippen LogP contribution in [-0.2, 0) is 0 Å². The molecule has 0 radical (unpaired) electrons. The van der Waals surface area contributed by atoms with Crippen LogP contribution in [0.5, 0.6) is 0 Å². The molecule has 240 valence electrons. The van der Waals surface area contributed by atoms with Gasteiger partial charge < -0.3 is 4.42 Å². The molecule has 0 atom stereocenters. The van der Waals surface area contributed by atoms with E-state index in [2.05, 4.69) is 188 Å². The van der Waals surface area contributed by atoms with Gasteiger partial charge >= 0.3 is 0 Å². The minimum atomic E-state index is 0.600. The highest BCUT2D eigenvalue weighted by atomic mass is 16.3. The second-order valence-corrected chi connectivity index (χ2v) is 12.8.